The highest BCUT2D eigenvalue weighted by atomic mass is 79.9. The summed E-state index contributed by atoms with van der Waals surface area (Å²) in [5, 5.41) is 7.31. The van der Waals surface area contributed by atoms with Crippen LogP contribution in [-0.2, 0) is 6.54 Å². The number of nitrogens with one attached hydrogen (secondary N) is 1. The smallest absolute Gasteiger partial charge is 0.223 e. The van der Waals surface area contributed by atoms with E-state index in [9.17, 15) is 0 Å². The van der Waals surface area contributed by atoms with Crippen molar-refractivity contribution < 1.29 is 4.52 Å². The number of aryl methyl sites for hydroxylation is 1. The van der Waals surface area contributed by atoms with Crippen molar-refractivity contribution in [1.82, 2.24) is 10.1 Å². The van der Waals surface area contributed by atoms with E-state index in [2.05, 4.69) is 54.5 Å². The number of hydrogen-bond acceptors (Lipinski definition) is 5. The van der Waals surface area contributed by atoms with Crippen LogP contribution >= 0.6 is 15.9 Å². The largest absolute Gasteiger partial charge is 0.376 e. The van der Waals surface area contributed by atoms with E-state index in [0.717, 1.165) is 23.2 Å². The van der Waals surface area contributed by atoms with Crippen LogP contribution in [0.15, 0.2) is 27.2 Å². The molecule has 106 valence electrons. The quantitative estimate of drug-likeness (QED) is 0.927. The number of nitrogens with zero attached hydrogens (tertiary/aromatic N) is 3. The van der Waals surface area contributed by atoms with E-state index in [4.69, 9.17) is 4.52 Å². The molecular formula is C14H17BrN4O. The second-order valence-electron chi connectivity index (χ2n) is 4.94. The molecule has 3 rings (SSSR count). The van der Waals surface area contributed by atoms with Crippen LogP contribution in [-0.4, -0.2) is 23.2 Å². The van der Waals surface area contributed by atoms with Crippen molar-refractivity contribution in [3.05, 3.63) is 34.4 Å². The highest BCUT2D eigenvalue weighted by Crippen LogP contribution is 2.31. The van der Waals surface area contributed by atoms with Gasteiger partial charge in [0.25, 0.3) is 0 Å². The van der Waals surface area contributed by atoms with Gasteiger partial charge in [0.1, 0.15) is 0 Å². The van der Waals surface area contributed by atoms with Crippen molar-refractivity contribution in [2.45, 2.75) is 26.3 Å². The van der Waals surface area contributed by atoms with Crippen LogP contribution in [0.5, 0.6) is 0 Å². The van der Waals surface area contributed by atoms with E-state index in [-0.39, 0.29) is 0 Å². The molecule has 1 aromatic heterocycles. The van der Waals surface area contributed by atoms with Crippen LogP contribution in [0.4, 0.5) is 11.4 Å². The van der Waals surface area contributed by atoms with Crippen LogP contribution in [0.1, 0.15) is 24.6 Å². The summed E-state index contributed by atoms with van der Waals surface area (Å²) in [7, 11) is 0. The van der Waals surface area contributed by atoms with Gasteiger partial charge >= 0.3 is 0 Å². The van der Waals surface area contributed by atoms with E-state index in [1.807, 2.05) is 0 Å². The Morgan fingerprint density at radius 2 is 2.15 bits per heavy atom. The van der Waals surface area contributed by atoms with Crippen molar-refractivity contribution in [2.75, 3.05) is 23.3 Å². The van der Waals surface area contributed by atoms with Gasteiger partial charge in [-0.3, -0.25) is 0 Å². The lowest BCUT2D eigenvalue weighted by Gasteiger charge is -2.22. The Balaban J connectivity index is 1.78. The maximum Gasteiger partial charge on any atom is 0.223 e. The van der Waals surface area contributed by atoms with Gasteiger partial charge in [-0.2, -0.15) is 4.98 Å². The second-order valence-corrected chi connectivity index (χ2v) is 5.85. The van der Waals surface area contributed by atoms with Crippen molar-refractivity contribution in [2.24, 2.45) is 0 Å². The maximum absolute atomic E-state index is 4.99. The Hall–Kier alpha value is -1.56. The summed E-state index contributed by atoms with van der Waals surface area (Å²) in [5.41, 5.74) is 2.34. The fourth-order valence-corrected chi connectivity index (χ4v) is 2.83. The lowest BCUT2D eigenvalue weighted by Crippen LogP contribution is -2.19. The van der Waals surface area contributed by atoms with Gasteiger partial charge in [0.2, 0.25) is 5.89 Å². The van der Waals surface area contributed by atoms with Crippen LogP contribution in [0.2, 0.25) is 0 Å². The summed E-state index contributed by atoms with van der Waals surface area (Å²) in [6, 6.07) is 6.33. The molecule has 5 nitrogen and oxygen atoms in total. The van der Waals surface area contributed by atoms with E-state index in [0.29, 0.717) is 18.3 Å². The molecule has 0 saturated carbocycles. The highest BCUT2D eigenvalue weighted by Gasteiger charge is 2.16. The molecule has 0 spiro atoms. The minimum Gasteiger partial charge on any atom is -0.376 e. The predicted octanol–water partition coefficient (Wildman–Crippen LogP) is 3.35. The first-order valence-electron chi connectivity index (χ1n) is 6.80. The fraction of sp³-hybridized carbons (Fsp3) is 0.429. The molecule has 20 heavy (non-hydrogen) atoms. The third-order valence-corrected chi connectivity index (χ3v) is 3.91. The molecule has 0 atom stereocenters. The highest BCUT2D eigenvalue weighted by molar-refractivity contribution is 9.10. The monoisotopic (exact) mass is 336 g/mol. The zero-order valence-corrected chi connectivity index (χ0v) is 13.0. The standard InChI is InChI=1S/C14H17BrN4O/c1-10-17-14(18-20-10)9-16-12-8-11(15)4-5-13(12)19-6-2-3-7-19/h4-5,8,16H,2-3,6-7,9H2,1H3. The van der Waals surface area contributed by atoms with Crippen molar-refractivity contribution in [3.8, 4) is 0 Å². The third-order valence-electron chi connectivity index (χ3n) is 3.41. The number of halogens is 1. The Morgan fingerprint density at radius 3 is 2.85 bits per heavy atom. The molecule has 1 fully saturated rings. The molecule has 2 heterocycles. The normalized spacial score (nSPS) is 14.8. The summed E-state index contributed by atoms with van der Waals surface area (Å²) >= 11 is 3.53. The molecular weight excluding hydrogens is 320 g/mol. The predicted molar refractivity (Wildman–Crippen MR) is 82.0 cm³/mol. The van der Waals surface area contributed by atoms with E-state index in [1.54, 1.807) is 6.92 Å². The molecule has 0 unspecified atom stereocenters. The Morgan fingerprint density at radius 1 is 1.35 bits per heavy atom. The molecule has 0 amide bonds. The van der Waals surface area contributed by atoms with Crippen LogP contribution < -0.4 is 10.2 Å². The number of benzene rings is 1. The zero-order chi connectivity index (χ0) is 13.9. The summed E-state index contributed by atoms with van der Waals surface area (Å²) in [6.07, 6.45) is 2.53. The lowest BCUT2D eigenvalue weighted by molar-refractivity contribution is 0.388. The topological polar surface area (TPSA) is 54.2 Å². The number of aromatic nitrogens is 2. The molecule has 2 aromatic rings. The van der Waals surface area contributed by atoms with E-state index in [1.165, 1.54) is 18.5 Å². The molecule has 6 heteroatoms. The van der Waals surface area contributed by atoms with E-state index < -0.39 is 0 Å². The van der Waals surface area contributed by atoms with Gasteiger partial charge in [0.05, 0.1) is 17.9 Å². The van der Waals surface area contributed by atoms with Gasteiger partial charge in [-0.15, -0.1) is 0 Å². The van der Waals surface area contributed by atoms with Crippen molar-refractivity contribution >= 4 is 27.3 Å². The molecule has 1 aliphatic heterocycles. The second kappa shape index (κ2) is 5.83. The minimum absolute atomic E-state index is 0.564. The summed E-state index contributed by atoms with van der Waals surface area (Å²) in [4.78, 5) is 6.62. The van der Waals surface area contributed by atoms with Crippen LogP contribution in [0.3, 0.4) is 0 Å². The third kappa shape index (κ3) is 2.95. The molecule has 1 aliphatic rings. The first-order chi connectivity index (χ1) is 9.72. The van der Waals surface area contributed by atoms with Gasteiger partial charge in [-0.1, -0.05) is 21.1 Å². The van der Waals surface area contributed by atoms with Gasteiger partial charge in [0.15, 0.2) is 5.82 Å². The van der Waals surface area contributed by atoms with Crippen molar-refractivity contribution in [3.63, 3.8) is 0 Å². The zero-order valence-electron chi connectivity index (χ0n) is 11.4. The molecule has 1 saturated heterocycles. The van der Waals surface area contributed by atoms with E-state index >= 15 is 0 Å². The van der Waals surface area contributed by atoms with Crippen LogP contribution in [0.25, 0.3) is 0 Å². The first-order valence-corrected chi connectivity index (χ1v) is 7.59. The first kappa shape index (κ1) is 13.4. The maximum atomic E-state index is 4.99. The minimum atomic E-state index is 0.564. The Labute approximate surface area is 126 Å². The molecule has 0 bridgehead atoms. The van der Waals surface area contributed by atoms with Gasteiger partial charge < -0.3 is 14.7 Å². The summed E-state index contributed by atoms with van der Waals surface area (Å²) in [5.74, 6) is 1.27. The average molecular weight is 337 g/mol. The number of anilines is 2. The molecule has 1 aromatic carbocycles. The average Bonchev–Trinajstić information content (AvgIpc) is 3.08. The summed E-state index contributed by atoms with van der Waals surface area (Å²) < 4.78 is 6.05. The Kier molecular flexibility index (Phi) is 3.91. The van der Waals surface area contributed by atoms with Crippen LogP contribution in [0, 0.1) is 6.92 Å². The van der Waals surface area contributed by atoms with Gasteiger partial charge in [-0.05, 0) is 31.0 Å². The lowest BCUT2D eigenvalue weighted by atomic mass is 10.2. The molecule has 0 radical (unpaired) electrons. The number of hydrogen-bond donors (Lipinski definition) is 1. The molecule has 1 N–H and O–H groups in total. The SMILES string of the molecule is Cc1nc(CNc2cc(Br)ccc2N2CCCC2)no1. The van der Waals surface area contributed by atoms with Crippen molar-refractivity contribution in [1.29, 1.82) is 0 Å². The van der Waals surface area contributed by atoms with Gasteiger partial charge in [-0.25, -0.2) is 0 Å². The summed E-state index contributed by atoms with van der Waals surface area (Å²) in [6.45, 7) is 4.61. The Bertz CT molecular complexity index is 593. The fourth-order valence-electron chi connectivity index (χ4n) is 2.47. The number of rotatable bonds is 4. The molecule has 0 aliphatic carbocycles. The van der Waals surface area contributed by atoms with Gasteiger partial charge in [0, 0.05) is 24.5 Å².